The lowest BCUT2D eigenvalue weighted by atomic mass is 10.0. The Bertz CT molecular complexity index is 1470. The Morgan fingerprint density at radius 3 is 2.28 bits per heavy atom. The molecule has 1 aliphatic rings. The van der Waals surface area contributed by atoms with Gasteiger partial charge in [-0.3, -0.25) is 9.88 Å². The number of carbonyl (C=O) groups is 1. The van der Waals surface area contributed by atoms with Crippen molar-refractivity contribution in [1.82, 2.24) is 9.88 Å². The van der Waals surface area contributed by atoms with Gasteiger partial charge in [0.1, 0.15) is 18.2 Å². The summed E-state index contributed by atoms with van der Waals surface area (Å²) in [7, 11) is -3.28. The van der Waals surface area contributed by atoms with E-state index in [-0.39, 0.29) is 27.9 Å². The quantitative estimate of drug-likeness (QED) is 0.502. The molecule has 36 heavy (non-hydrogen) atoms. The lowest BCUT2D eigenvalue weighted by molar-refractivity contribution is -0.140. The lowest BCUT2D eigenvalue weighted by Crippen LogP contribution is -2.50. The van der Waals surface area contributed by atoms with Gasteiger partial charge in [-0.25, -0.2) is 31.5 Å². The fraction of sp³-hybridized carbons (Fsp3) is 0.238. The van der Waals surface area contributed by atoms with Crippen molar-refractivity contribution in [3.05, 3.63) is 59.0 Å². The number of sulfonamides is 1. The number of methoxy groups -OCH3 is 1. The van der Waals surface area contributed by atoms with Gasteiger partial charge in [-0.1, -0.05) is 0 Å². The maximum atomic E-state index is 14.8. The van der Waals surface area contributed by atoms with Crippen LogP contribution in [0.2, 0.25) is 0 Å². The molecule has 2 N–H and O–H groups in total. The smallest absolute Gasteiger partial charge is 0.406 e. The number of hydrogen-bond acceptors (Lipinski definition) is 5. The molecule has 8 nitrogen and oxygen atoms in total. The van der Waals surface area contributed by atoms with Gasteiger partial charge in [-0.15, -0.1) is 0 Å². The predicted octanol–water partition coefficient (Wildman–Crippen LogP) is 3.81. The zero-order valence-corrected chi connectivity index (χ0v) is 19.1. The third kappa shape index (κ3) is 4.75. The minimum Gasteiger partial charge on any atom is -0.494 e. The number of hydrogen-bond donors (Lipinski definition) is 1. The molecule has 0 radical (unpaired) electrons. The fourth-order valence-corrected chi connectivity index (χ4v) is 4.43. The van der Waals surface area contributed by atoms with E-state index < -0.39 is 69.8 Å². The minimum atomic E-state index is -4.80. The molecule has 0 spiro atoms. The van der Waals surface area contributed by atoms with Crippen LogP contribution in [0.1, 0.15) is 11.1 Å². The van der Waals surface area contributed by atoms with Gasteiger partial charge in [-0.2, -0.15) is 13.2 Å². The van der Waals surface area contributed by atoms with Crippen molar-refractivity contribution in [3.8, 4) is 5.75 Å². The van der Waals surface area contributed by atoms with Crippen LogP contribution >= 0.6 is 0 Å². The molecule has 0 unspecified atom stereocenters. The summed E-state index contributed by atoms with van der Waals surface area (Å²) in [6.45, 7) is -3.18. The number of pyridine rings is 1. The van der Waals surface area contributed by atoms with Crippen LogP contribution in [0.25, 0.3) is 10.9 Å². The lowest BCUT2D eigenvalue weighted by Gasteiger charge is -2.38. The van der Waals surface area contributed by atoms with Gasteiger partial charge < -0.3 is 9.64 Å². The first-order valence-electron chi connectivity index (χ1n) is 9.98. The number of anilines is 1. The first kappa shape index (κ1) is 25.5. The van der Waals surface area contributed by atoms with E-state index in [1.807, 2.05) is 0 Å². The van der Waals surface area contributed by atoms with E-state index in [4.69, 9.17) is 9.88 Å². The maximum absolute atomic E-state index is 14.8. The van der Waals surface area contributed by atoms with Crippen LogP contribution in [0.5, 0.6) is 5.75 Å². The molecule has 1 aromatic heterocycles. The Hall–Kier alpha value is -3.59. The Morgan fingerprint density at radius 1 is 1.08 bits per heavy atom. The second-order valence-corrected chi connectivity index (χ2v) is 9.45. The first-order valence-corrected chi connectivity index (χ1v) is 11.5. The number of benzene rings is 2. The number of carbonyl (C=O) groups excluding carboxylic acids is 1. The molecular weight excluding hydrogens is 518 g/mol. The summed E-state index contributed by atoms with van der Waals surface area (Å²) in [4.78, 5) is 17.4. The van der Waals surface area contributed by atoms with E-state index in [0.717, 1.165) is 12.3 Å². The van der Waals surface area contributed by atoms with Gasteiger partial charge in [0.05, 0.1) is 36.3 Å². The SMILES string of the molecule is COc1cc2ncc3c(c2cc1F)N(Cc1c(F)cc(S(N)(=O)=O)cc1F)C(=O)N(CC(F)(F)F)C3. The Labute approximate surface area is 199 Å². The first-order chi connectivity index (χ1) is 16.7. The van der Waals surface area contributed by atoms with Crippen molar-refractivity contribution in [3.63, 3.8) is 0 Å². The second kappa shape index (κ2) is 8.81. The predicted molar refractivity (Wildman–Crippen MR) is 114 cm³/mol. The molecule has 4 rings (SSSR count). The standard InChI is InChI=1S/C21H16F6N4O4S/c1-35-18-5-17-12(4-16(18)24)19-10(6-29-17)7-30(9-21(25,26)27)20(32)31(19)8-13-14(22)2-11(3-15(13)23)36(28,33)34/h2-6H,7-9H2,1H3,(H2,28,33,34). The number of nitrogens with two attached hydrogens (primary N) is 1. The number of amides is 2. The van der Waals surface area contributed by atoms with Crippen LogP contribution in [0.3, 0.4) is 0 Å². The van der Waals surface area contributed by atoms with Gasteiger partial charge in [0.15, 0.2) is 11.6 Å². The number of aromatic nitrogens is 1. The second-order valence-electron chi connectivity index (χ2n) is 7.89. The van der Waals surface area contributed by atoms with Crippen LogP contribution in [0.15, 0.2) is 35.4 Å². The van der Waals surface area contributed by atoms with Crippen LogP contribution in [0.4, 0.5) is 36.8 Å². The summed E-state index contributed by atoms with van der Waals surface area (Å²) in [5, 5.41) is 4.88. The Morgan fingerprint density at radius 2 is 1.72 bits per heavy atom. The van der Waals surface area contributed by atoms with Crippen molar-refractivity contribution in [2.45, 2.75) is 24.2 Å². The molecule has 3 aromatic rings. The zero-order valence-electron chi connectivity index (χ0n) is 18.2. The molecular formula is C21H16F6N4O4S. The Balaban J connectivity index is 1.91. The number of nitrogens with zero attached hydrogens (tertiary/aromatic N) is 3. The number of urea groups is 1. The van der Waals surface area contributed by atoms with Gasteiger partial charge in [0.2, 0.25) is 10.0 Å². The molecule has 2 aromatic carbocycles. The van der Waals surface area contributed by atoms with E-state index in [0.29, 0.717) is 21.9 Å². The van der Waals surface area contributed by atoms with Gasteiger partial charge in [-0.05, 0) is 18.2 Å². The summed E-state index contributed by atoms with van der Waals surface area (Å²) in [5.41, 5.74) is -0.786. The molecule has 2 heterocycles. The molecule has 0 aliphatic carbocycles. The normalized spacial score (nSPS) is 14.4. The summed E-state index contributed by atoms with van der Waals surface area (Å²) in [5.74, 6) is -3.89. The fourth-order valence-electron chi connectivity index (χ4n) is 3.89. The van der Waals surface area contributed by atoms with Crippen LogP contribution in [-0.2, 0) is 23.1 Å². The molecule has 0 saturated carbocycles. The number of primary sulfonamides is 1. The van der Waals surface area contributed by atoms with E-state index in [1.54, 1.807) is 0 Å². The third-order valence-electron chi connectivity index (χ3n) is 5.45. The van der Waals surface area contributed by atoms with E-state index in [9.17, 15) is 39.6 Å². The van der Waals surface area contributed by atoms with Crippen LogP contribution in [0, 0.1) is 17.5 Å². The van der Waals surface area contributed by atoms with Crippen molar-refractivity contribution in [2.75, 3.05) is 18.6 Å². The molecule has 0 fully saturated rings. The van der Waals surface area contributed by atoms with Gasteiger partial charge in [0, 0.05) is 28.8 Å². The number of halogens is 6. The molecule has 2 amide bonds. The van der Waals surface area contributed by atoms with Crippen LogP contribution in [-0.4, -0.2) is 44.2 Å². The van der Waals surface area contributed by atoms with Gasteiger partial charge >= 0.3 is 12.2 Å². The highest BCUT2D eigenvalue weighted by atomic mass is 32.2. The van der Waals surface area contributed by atoms with Crippen molar-refractivity contribution in [1.29, 1.82) is 0 Å². The van der Waals surface area contributed by atoms with Crippen molar-refractivity contribution < 1.29 is 44.3 Å². The molecule has 1 aliphatic heterocycles. The highest BCUT2D eigenvalue weighted by molar-refractivity contribution is 7.89. The van der Waals surface area contributed by atoms with E-state index >= 15 is 0 Å². The number of rotatable bonds is 5. The monoisotopic (exact) mass is 534 g/mol. The zero-order chi connectivity index (χ0) is 26.6. The highest BCUT2D eigenvalue weighted by Gasteiger charge is 2.40. The summed E-state index contributed by atoms with van der Waals surface area (Å²) >= 11 is 0. The van der Waals surface area contributed by atoms with Crippen molar-refractivity contribution in [2.24, 2.45) is 5.14 Å². The largest absolute Gasteiger partial charge is 0.494 e. The van der Waals surface area contributed by atoms with Crippen LogP contribution < -0.4 is 14.8 Å². The maximum Gasteiger partial charge on any atom is 0.406 e. The number of ether oxygens (including phenoxy) is 1. The average Bonchev–Trinajstić information content (AvgIpc) is 2.76. The van der Waals surface area contributed by atoms with E-state index in [2.05, 4.69) is 4.98 Å². The molecule has 15 heteroatoms. The summed E-state index contributed by atoms with van der Waals surface area (Å²) < 4.78 is 111. The summed E-state index contributed by atoms with van der Waals surface area (Å²) in [6.07, 6.45) is -3.63. The number of alkyl halides is 3. The molecule has 0 atom stereocenters. The Kier molecular flexibility index (Phi) is 6.24. The van der Waals surface area contributed by atoms with E-state index in [1.165, 1.54) is 13.2 Å². The minimum absolute atomic E-state index is 0.0206. The number of fused-ring (bicyclic) bond motifs is 3. The van der Waals surface area contributed by atoms with Crippen molar-refractivity contribution >= 4 is 32.6 Å². The topological polar surface area (TPSA) is 106 Å². The molecule has 192 valence electrons. The highest BCUT2D eigenvalue weighted by Crippen LogP contribution is 2.39. The average molecular weight is 534 g/mol. The third-order valence-corrected chi connectivity index (χ3v) is 6.34. The molecule has 0 saturated heterocycles. The molecule has 0 bridgehead atoms. The summed E-state index contributed by atoms with van der Waals surface area (Å²) in [6, 6.07) is 1.71. The van der Waals surface area contributed by atoms with Gasteiger partial charge in [0.25, 0.3) is 0 Å².